The number of nitrogens with zero attached hydrogens (tertiary/aromatic N) is 1. The third-order valence-corrected chi connectivity index (χ3v) is 3.58. The summed E-state index contributed by atoms with van der Waals surface area (Å²) < 4.78 is 0. The van der Waals surface area contributed by atoms with E-state index >= 15 is 0 Å². The van der Waals surface area contributed by atoms with E-state index in [-0.39, 0.29) is 0 Å². The molecule has 0 aromatic heterocycles. The van der Waals surface area contributed by atoms with Gasteiger partial charge in [0, 0.05) is 11.6 Å². The minimum Gasteiger partial charge on any atom is -0.384 e. The first-order valence-corrected chi connectivity index (χ1v) is 6.77. The summed E-state index contributed by atoms with van der Waals surface area (Å²) in [6.07, 6.45) is 0. The van der Waals surface area contributed by atoms with Gasteiger partial charge in [-0.1, -0.05) is 39.3 Å². The summed E-state index contributed by atoms with van der Waals surface area (Å²) in [4.78, 5) is 0. The van der Waals surface area contributed by atoms with Crippen molar-refractivity contribution < 1.29 is 0 Å². The fourth-order valence-electron chi connectivity index (χ4n) is 2.23. The Morgan fingerprint density at radius 2 is 1.83 bits per heavy atom. The number of hydrogen-bond acceptors (Lipinski definition) is 2. The average Bonchev–Trinajstić information content (AvgIpc) is 2.30. The minimum atomic E-state index is 0.590. The van der Waals surface area contributed by atoms with E-state index in [9.17, 15) is 0 Å². The van der Waals surface area contributed by atoms with Crippen LogP contribution in [0.4, 0.5) is 5.69 Å². The molecule has 0 unspecified atom stereocenters. The van der Waals surface area contributed by atoms with E-state index in [2.05, 4.69) is 39.1 Å². The van der Waals surface area contributed by atoms with Crippen LogP contribution in [0.1, 0.15) is 33.3 Å². The molecular weight excluding hydrogens is 244 g/mol. The maximum atomic E-state index is 9.08. The third kappa shape index (κ3) is 3.92. The molecule has 1 aromatic carbocycles. The van der Waals surface area contributed by atoms with Gasteiger partial charge < -0.3 is 5.32 Å². The van der Waals surface area contributed by atoms with Crippen LogP contribution in [-0.2, 0) is 0 Å². The zero-order valence-corrected chi connectivity index (χ0v) is 12.3. The Bertz CT molecular complexity index is 425. The number of nitrogens with one attached hydrogen (secondary N) is 1. The highest BCUT2D eigenvalue weighted by Crippen LogP contribution is 2.24. The van der Waals surface area contributed by atoms with Crippen molar-refractivity contribution in [3.05, 3.63) is 28.8 Å². The van der Waals surface area contributed by atoms with Crippen LogP contribution >= 0.6 is 11.6 Å². The van der Waals surface area contributed by atoms with E-state index in [1.54, 1.807) is 6.07 Å². The molecule has 0 amide bonds. The van der Waals surface area contributed by atoms with Crippen LogP contribution in [0, 0.1) is 29.1 Å². The van der Waals surface area contributed by atoms with Gasteiger partial charge >= 0.3 is 0 Å². The lowest BCUT2D eigenvalue weighted by molar-refractivity contribution is 0.304. The molecule has 0 heterocycles. The third-order valence-electron chi connectivity index (χ3n) is 3.34. The van der Waals surface area contributed by atoms with Gasteiger partial charge in [-0.15, -0.1) is 0 Å². The molecule has 1 rings (SSSR count). The molecular formula is C15H21ClN2. The first-order valence-electron chi connectivity index (χ1n) is 6.39. The number of benzene rings is 1. The average molecular weight is 265 g/mol. The van der Waals surface area contributed by atoms with Gasteiger partial charge in [0.1, 0.15) is 6.07 Å². The van der Waals surface area contributed by atoms with E-state index in [0.717, 1.165) is 12.2 Å². The lowest BCUT2D eigenvalue weighted by atomic mass is 9.85. The SMILES string of the molecule is CC(C)C(CNc1ccc(Cl)cc1C#N)C(C)C. The van der Waals surface area contributed by atoms with Gasteiger partial charge in [-0.05, 0) is 36.0 Å². The zero-order valence-electron chi connectivity index (χ0n) is 11.5. The molecule has 0 spiro atoms. The van der Waals surface area contributed by atoms with Crippen molar-refractivity contribution in [3.8, 4) is 6.07 Å². The summed E-state index contributed by atoms with van der Waals surface area (Å²) in [5.74, 6) is 1.83. The molecule has 0 aliphatic carbocycles. The van der Waals surface area contributed by atoms with Gasteiger partial charge in [0.25, 0.3) is 0 Å². The van der Waals surface area contributed by atoms with Crippen LogP contribution < -0.4 is 5.32 Å². The Hall–Kier alpha value is -1.20. The smallest absolute Gasteiger partial charge is 0.101 e. The monoisotopic (exact) mass is 264 g/mol. The summed E-state index contributed by atoms with van der Waals surface area (Å²) in [5.41, 5.74) is 1.47. The van der Waals surface area contributed by atoms with Crippen molar-refractivity contribution in [3.63, 3.8) is 0 Å². The van der Waals surface area contributed by atoms with Crippen LogP contribution in [0.15, 0.2) is 18.2 Å². The molecule has 1 aromatic rings. The molecule has 0 saturated heterocycles. The Labute approximate surface area is 115 Å². The van der Waals surface area contributed by atoms with Gasteiger partial charge in [-0.3, -0.25) is 0 Å². The lowest BCUT2D eigenvalue weighted by Crippen LogP contribution is -2.24. The molecule has 3 heteroatoms. The van der Waals surface area contributed by atoms with Crippen molar-refractivity contribution in [2.75, 3.05) is 11.9 Å². The first kappa shape index (κ1) is 14.9. The lowest BCUT2D eigenvalue weighted by Gasteiger charge is -2.25. The fraction of sp³-hybridized carbons (Fsp3) is 0.533. The molecule has 0 aliphatic rings. The van der Waals surface area contributed by atoms with Crippen molar-refractivity contribution in [1.82, 2.24) is 0 Å². The number of rotatable bonds is 5. The summed E-state index contributed by atoms with van der Waals surface area (Å²) >= 11 is 5.88. The van der Waals surface area contributed by atoms with E-state index in [0.29, 0.717) is 28.3 Å². The van der Waals surface area contributed by atoms with Crippen LogP contribution in [0.3, 0.4) is 0 Å². The van der Waals surface area contributed by atoms with Gasteiger partial charge in [0.15, 0.2) is 0 Å². The van der Waals surface area contributed by atoms with Crippen molar-refractivity contribution in [1.29, 1.82) is 5.26 Å². The Kier molecular flexibility index (Phi) is 5.50. The van der Waals surface area contributed by atoms with Gasteiger partial charge in [0.2, 0.25) is 0 Å². The quantitative estimate of drug-likeness (QED) is 0.847. The Balaban J connectivity index is 2.77. The van der Waals surface area contributed by atoms with Crippen molar-refractivity contribution in [2.24, 2.45) is 17.8 Å². The van der Waals surface area contributed by atoms with Crippen LogP contribution in [0.2, 0.25) is 5.02 Å². The topological polar surface area (TPSA) is 35.8 Å². The second-order valence-electron chi connectivity index (χ2n) is 5.33. The van der Waals surface area contributed by atoms with Crippen LogP contribution in [0.25, 0.3) is 0 Å². The summed E-state index contributed by atoms with van der Waals surface area (Å²) in [7, 11) is 0. The molecule has 98 valence electrons. The van der Waals surface area contributed by atoms with Gasteiger partial charge in [-0.2, -0.15) is 5.26 Å². The normalized spacial score (nSPS) is 11.1. The molecule has 2 nitrogen and oxygen atoms in total. The maximum Gasteiger partial charge on any atom is 0.101 e. The molecule has 0 radical (unpaired) electrons. The van der Waals surface area contributed by atoms with E-state index in [1.165, 1.54) is 0 Å². The Morgan fingerprint density at radius 3 is 2.33 bits per heavy atom. The van der Waals surface area contributed by atoms with Crippen molar-refractivity contribution in [2.45, 2.75) is 27.7 Å². The molecule has 1 N–H and O–H groups in total. The molecule has 0 atom stereocenters. The second kappa shape index (κ2) is 6.66. The predicted octanol–water partition coefficient (Wildman–Crippen LogP) is 4.55. The zero-order chi connectivity index (χ0) is 13.7. The second-order valence-corrected chi connectivity index (χ2v) is 5.77. The summed E-state index contributed by atoms with van der Waals surface area (Å²) in [5, 5.41) is 13.0. The fourth-order valence-corrected chi connectivity index (χ4v) is 2.40. The minimum absolute atomic E-state index is 0.590. The molecule has 18 heavy (non-hydrogen) atoms. The molecule has 0 aliphatic heterocycles. The molecule has 0 fully saturated rings. The van der Waals surface area contributed by atoms with Gasteiger partial charge in [-0.25, -0.2) is 0 Å². The van der Waals surface area contributed by atoms with Crippen molar-refractivity contribution >= 4 is 17.3 Å². The number of anilines is 1. The predicted molar refractivity (Wildman–Crippen MR) is 77.8 cm³/mol. The first-order chi connectivity index (χ1) is 8.45. The number of nitriles is 1. The van der Waals surface area contributed by atoms with Crippen LogP contribution in [-0.4, -0.2) is 6.54 Å². The summed E-state index contributed by atoms with van der Waals surface area (Å²) in [6, 6.07) is 7.55. The number of halogens is 1. The molecule has 0 saturated carbocycles. The number of hydrogen-bond donors (Lipinski definition) is 1. The largest absolute Gasteiger partial charge is 0.384 e. The maximum absolute atomic E-state index is 9.08. The highest BCUT2D eigenvalue weighted by molar-refractivity contribution is 6.30. The highest BCUT2D eigenvalue weighted by atomic mass is 35.5. The molecule has 0 bridgehead atoms. The highest BCUT2D eigenvalue weighted by Gasteiger charge is 2.17. The van der Waals surface area contributed by atoms with Crippen LogP contribution in [0.5, 0.6) is 0 Å². The summed E-state index contributed by atoms with van der Waals surface area (Å²) in [6.45, 7) is 9.82. The van der Waals surface area contributed by atoms with E-state index < -0.39 is 0 Å². The van der Waals surface area contributed by atoms with E-state index in [1.807, 2.05) is 12.1 Å². The van der Waals surface area contributed by atoms with E-state index in [4.69, 9.17) is 16.9 Å². The van der Waals surface area contributed by atoms with Gasteiger partial charge in [0.05, 0.1) is 11.3 Å². The Morgan fingerprint density at radius 1 is 1.22 bits per heavy atom. The standard InChI is InChI=1S/C15H21ClN2/c1-10(2)14(11(3)4)9-18-15-6-5-13(16)7-12(15)8-17/h5-7,10-11,14,18H,9H2,1-4H3.